The molecule has 0 heterocycles. The van der Waals surface area contributed by atoms with Crippen LogP contribution in [0.2, 0.25) is 0 Å². The average molecular weight is 256 g/mol. The molecule has 0 amide bonds. The molecule has 0 saturated heterocycles. The fraction of sp³-hybridized carbons (Fsp3) is 0.455. The van der Waals surface area contributed by atoms with Crippen LogP contribution in [0.3, 0.4) is 0 Å². The number of anilines is 1. The summed E-state index contributed by atoms with van der Waals surface area (Å²) in [7, 11) is -2.08. The second-order valence-corrected chi connectivity index (χ2v) is 6.05. The molecule has 0 radical (unpaired) electrons. The Hall–Kier alpha value is -1.27. The Morgan fingerprint density at radius 3 is 2.71 bits per heavy atom. The van der Waals surface area contributed by atoms with Gasteiger partial charge in [-0.25, -0.2) is 13.1 Å². The number of nitrogens with one attached hydrogen (secondary N) is 1. The first-order valence-electron chi connectivity index (χ1n) is 5.49. The first-order valence-corrected chi connectivity index (χ1v) is 6.97. The lowest BCUT2D eigenvalue weighted by atomic mass is 10.3. The maximum absolute atomic E-state index is 11.5. The van der Waals surface area contributed by atoms with Crippen molar-refractivity contribution < 1.29 is 13.2 Å². The van der Waals surface area contributed by atoms with Gasteiger partial charge in [0.2, 0.25) is 10.0 Å². The summed E-state index contributed by atoms with van der Waals surface area (Å²) >= 11 is 0. The molecule has 2 rings (SSSR count). The van der Waals surface area contributed by atoms with Crippen molar-refractivity contribution in [1.29, 1.82) is 0 Å². The van der Waals surface area contributed by atoms with Crippen molar-refractivity contribution in [3.63, 3.8) is 0 Å². The van der Waals surface area contributed by atoms with Gasteiger partial charge in [0.05, 0.1) is 17.2 Å². The quantitative estimate of drug-likeness (QED) is 0.769. The Morgan fingerprint density at radius 2 is 2.18 bits per heavy atom. The van der Waals surface area contributed by atoms with Crippen LogP contribution in [0.15, 0.2) is 23.1 Å². The molecule has 1 aromatic rings. The predicted molar refractivity (Wildman–Crippen MR) is 65.3 cm³/mol. The van der Waals surface area contributed by atoms with Crippen LogP contribution in [0.4, 0.5) is 5.69 Å². The molecule has 0 aromatic heterocycles. The minimum Gasteiger partial charge on any atom is -0.491 e. The Labute approximate surface area is 101 Å². The van der Waals surface area contributed by atoms with Gasteiger partial charge in [0.15, 0.2) is 0 Å². The van der Waals surface area contributed by atoms with E-state index in [1.165, 1.54) is 32.0 Å². The fourth-order valence-electron chi connectivity index (χ4n) is 1.44. The van der Waals surface area contributed by atoms with Gasteiger partial charge in [0, 0.05) is 0 Å². The summed E-state index contributed by atoms with van der Waals surface area (Å²) < 4.78 is 30.8. The van der Waals surface area contributed by atoms with Crippen LogP contribution in [0.1, 0.15) is 12.8 Å². The Morgan fingerprint density at radius 1 is 1.47 bits per heavy atom. The molecule has 1 aromatic carbocycles. The minimum atomic E-state index is -3.44. The van der Waals surface area contributed by atoms with E-state index in [1.807, 2.05) is 0 Å². The highest BCUT2D eigenvalue weighted by molar-refractivity contribution is 7.89. The molecule has 5 nitrogen and oxygen atoms in total. The first-order chi connectivity index (χ1) is 8.03. The van der Waals surface area contributed by atoms with Crippen molar-refractivity contribution in [2.75, 3.05) is 19.4 Å². The monoisotopic (exact) mass is 256 g/mol. The zero-order chi connectivity index (χ0) is 12.5. The molecule has 1 fully saturated rings. The number of nitrogen functional groups attached to an aromatic ring is 1. The van der Waals surface area contributed by atoms with E-state index in [1.54, 1.807) is 6.07 Å². The van der Waals surface area contributed by atoms with Gasteiger partial charge in [-0.1, -0.05) is 0 Å². The Bertz CT molecular complexity index is 509. The van der Waals surface area contributed by atoms with E-state index < -0.39 is 10.0 Å². The maximum atomic E-state index is 11.5. The van der Waals surface area contributed by atoms with Crippen molar-refractivity contribution in [2.24, 2.45) is 5.92 Å². The van der Waals surface area contributed by atoms with Gasteiger partial charge in [-0.3, -0.25) is 0 Å². The third-order valence-electron chi connectivity index (χ3n) is 2.73. The van der Waals surface area contributed by atoms with Gasteiger partial charge in [0.25, 0.3) is 0 Å². The third-order valence-corrected chi connectivity index (χ3v) is 4.14. The lowest BCUT2D eigenvalue weighted by Crippen LogP contribution is -2.18. The largest absolute Gasteiger partial charge is 0.491 e. The fourth-order valence-corrected chi connectivity index (χ4v) is 2.20. The van der Waals surface area contributed by atoms with E-state index in [2.05, 4.69) is 4.72 Å². The standard InChI is InChI=1S/C11H16N2O3S/c1-13-17(14,15)9-4-5-11(10(12)6-9)16-7-8-2-3-8/h4-6,8,13H,2-3,7,12H2,1H3. The number of benzene rings is 1. The number of rotatable bonds is 5. The van der Waals surface area contributed by atoms with E-state index in [9.17, 15) is 8.42 Å². The lowest BCUT2D eigenvalue weighted by Gasteiger charge is -2.10. The van der Waals surface area contributed by atoms with Crippen molar-refractivity contribution in [2.45, 2.75) is 17.7 Å². The van der Waals surface area contributed by atoms with Gasteiger partial charge in [-0.15, -0.1) is 0 Å². The zero-order valence-electron chi connectivity index (χ0n) is 9.64. The molecule has 1 saturated carbocycles. The molecule has 3 N–H and O–H groups in total. The summed E-state index contributed by atoms with van der Waals surface area (Å²) in [5.74, 6) is 1.18. The highest BCUT2D eigenvalue weighted by atomic mass is 32.2. The normalized spacial score (nSPS) is 15.8. The SMILES string of the molecule is CNS(=O)(=O)c1ccc(OCC2CC2)c(N)c1. The van der Waals surface area contributed by atoms with Gasteiger partial charge < -0.3 is 10.5 Å². The van der Waals surface area contributed by atoms with Crippen molar-refractivity contribution >= 4 is 15.7 Å². The van der Waals surface area contributed by atoms with Crippen LogP contribution in [0.5, 0.6) is 5.75 Å². The summed E-state index contributed by atoms with van der Waals surface area (Å²) in [4.78, 5) is 0.149. The molecular formula is C11H16N2O3S. The van der Waals surface area contributed by atoms with Crippen LogP contribution >= 0.6 is 0 Å². The molecule has 0 aliphatic heterocycles. The van der Waals surface area contributed by atoms with Crippen molar-refractivity contribution in [1.82, 2.24) is 4.72 Å². The first kappa shape index (κ1) is 12.2. The maximum Gasteiger partial charge on any atom is 0.240 e. The van der Waals surface area contributed by atoms with Gasteiger partial charge in [-0.05, 0) is 44.0 Å². The average Bonchev–Trinajstić information content (AvgIpc) is 3.11. The second kappa shape index (κ2) is 4.54. The number of nitrogens with two attached hydrogens (primary N) is 1. The van der Waals surface area contributed by atoms with Gasteiger partial charge in [0.1, 0.15) is 5.75 Å². The van der Waals surface area contributed by atoms with E-state index in [4.69, 9.17) is 10.5 Å². The molecule has 17 heavy (non-hydrogen) atoms. The van der Waals surface area contributed by atoms with Crippen LogP contribution < -0.4 is 15.2 Å². The summed E-state index contributed by atoms with van der Waals surface area (Å²) in [5.41, 5.74) is 6.11. The minimum absolute atomic E-state index is 0.149. The Kier molecular flexibility index (Phi) is 3.26. The number of ether oxygens (including phenoxy) is 1. The van der Waals surface area contributed by atoms with Crippen molar-refractivity contribution in [3.05, 3.63) is 18.2 Å². The smallest absolute Gasteiger partial charge is 0.240 e. The number of hydrogen-bond acceptors (Lipinski definition) is 4. The third kappa shape index (κ3) is 2.89. The molecule has 6 heteroatoms. The van der Waals surface area contributed by atoms with E-state index in [0.717, 1.165) is 0 Å². The summed E-state index contributed by atoms with van der Waals surface area (Å²) in [5, 5.41) is 0. The molecule has 0 atom stereocenters. The van der Waals surface area contributed by atoms with E-state index >= 15 is 0 Å². The number of hydrogen-bond donors (Lipinski definition) is 2. The van der Waals surface area contributed by atoms with Gasteiger partial charge in [-0.2, -0.15) is 0 Å². The van der Waals surface area contributed by atoms with Gasteiger partial charge >= 0.3 is 0 Å². The molecule has 0 unspecified atom stereocenters. The molecule has 1 aliphatic rings. The molecule has 1 aliphatic carbocycles. The highest BCUT2D eigenvalue weighted by Crippen LogP contribution is 2.31. The van der Waals surface area contributed by atoms with Crippen molar-refractivity contribution in [3.8, 4) is 5.75 Å². The molecular weight excluding hydrogens is 240 g/mol. The second-order valence-electron chi connectivity index (χ2n) is 4.16. The lowest BCUT2D eigenvalue weighted by molar-refractivity contribution is 0.301. The predicted octanol–water partition coefficient (Wildman–Crippen LogP) is 0.966. The summed E-state index contributed by atoms with van der Waals surface area (Å²) in [6.07, 6.45) is 2.40. The zero-order valence-corrected chi connectivity index (χ0v) is 10.5. The Balaban J connectivity index is 2.15. The highest BCUT2D eigenvalue weighted by Gasteiger charge is 2.22. The van der Waals surface area contributed by atoms with Crippen LogP contribution in [0.25, 0.3) is 0 Å². The topological polar surface area (TPSA) is 81.4 Å². The van der Waals surface area contributed by atoms with Crippen LogP contribution in [-0.4, -0.2) is 22.1 Å². The summed E-state index contributed by atoms with van der Waals surface area (Å²) in [6, 6.07) is 4.50. The van der Waals surface area contributed by atoms with E-state index in [-0.39, 0.29) is 4.90 Å². The molecule has 0 bridgehead atoms. The molecule has 94 valence electrons. The summed E-state index contributed by atoms with van der Waals surface area (Å²) in [6.45, 7) is 0.655. The number of sulfonamides is 1. The van der Waals surface area contributed by atoms with Crippen LogP contribution in [-0.2, 0) is 10.0 Å². The van der Waals surface area contributed by atoms with Crippen LogP contribution in [0, 0.1) is 5.92 Å². The molecule has 0 spiro atoms. The van der Waals surface area contributed by atoms with E-state index in [0.29, 0.717) is 24.0 Å².